The number of hydrogen-bond donors (Lipinski definition) is 1. The molecule has 0 aliphatic carbocycles. The van der Waals surface area contributed by atoms with Crippen LogP contribution in [0.1, 0.15) is 25.8 Å². The highest BCUT2D eigenvalue weighted by Gasteiger charge is 2.37. The largest absolute Gasteiger partial charge is 0.316 e. The van der Waals surface area contributed by atoms with E-state index in [9.17, 15) is 0 Å². The first-order valence-electron chi connectivity index (χ1n) is 7.15. The Morgan fingerprint density at radius 1 is 1.32 bits per heavy atom. The zero-order chi connectivity index (χ0) is 13.9. The average Bonchev–Trinajstić information content (AvgIpc) is 2.82. The number of halogens is 1. The second kappa shape index (κ2) is 6.25. The predicted octanol–water partition coefficient (Wildman–Crippen LogP) is 3.41. The summed E-state index contributed by atoms with van der Waals surface area (Å²) in [5.74, 6) is 0.718. The van der Waals surface area contributed by atoms with Crippen LogP contribution in [-0.4, -0.2) is 31.6 Å². The fourth-order valence-corrected chi connectivity index (χ4v) is 3.19. The molecule has 1 aromatic carbocycles. The van der Waals surface area contributed by atoms with Crippen LogP contribution in [0.5, 0.6) is 0 Å². The molecule has 0 radical (unpaired) electrons. The van der Waals surface area contributed by atoms with E-state index >= 15 is 0 Å². The van der Waals surface area contributed by atoms with E-state index in [0.29, 0.717) is 5.41 Å². The van der Waals surface area contributed by atoms with Gasteiger partial charge in [0, 0.05) is 24.7 Å². The number of nitrogens with zero attached hydrogens (tertiary/aromatic N) is 1. The van der Waals surface area contributed by atoms with Crippen molar-refractivity contribution in [1.82, 2.24) is 10.2 Å². The quantitative estimate of drug-likeness (QED) is 0.889. The lowest BCUT2D eigenvalue weighted by molar-refractivity contribution is 0.132. The summed E-state index contributed by atoms with van der Waals surface area (Å²) < 4.78 is 0. The first-order chi connectivity index (χ1) is 9.02. The maximum absolute atomic E-state index is 5.93. The lowest BCUT2D eigenvalue weighted by atomic mass is 9.76. The average molecular weight is 281 g/mol. The standard InChI is InChI=1S/C16H25ClN2/c1-13(2)16(8-9-18-11-16)12-19(3)10-14-4-6-15(17)7-5-14/h4-7,13,18H,8-12H2,1-3H3. The van der Waals surface area contributed by atoms with Crippen LogP contribution in [0, 0.1) is 11.3 Å². The minimum absolute atomic E-state index is 0.432. The lowest BCUT2D eigenvalue weighted by Gasteiger charge is -2.36. The van der Waals surface area contributed by atoms with Crippen molar-refractivity contribution in [3.63, 3.8) is 0 Å². The summed E-state index contributed by atoms with van der Waals surface area (Å²) >= 11 is 5.93. The van der Waals surface area contributed by atoms with Gasteiger partial charge in [-0.3, -0.25) is 0 Å². The molecule has 19 heavy (non-hydrogen) atoms. The molecule has 1 aliphatic rings. The summed E-state index contributed by atoms with van der Waals surface area (Å²) in [5, 5.41) is 4.34. The zero-order valence-corrected chi connectivity index (χ0v) is 13.0. The van der Waals surface area contributed by atoms with Crippen LogP contribution in [0.15, 0.2) is 24.3 Å². The topological polar surface area (TPSA) is 15.3 Å². The smallest absolute Gasteiger partial charge is 0.0406 e. The van der Waals surface area contributed by atoms with E-state index in [1.54, 1.807) is 0 Å². The third-order valence-electron chi connectivity index (χ3n) is 4.45. The van der Waals surface area contributed by atoms with Gasteiger partial charge in [-0.2, -0.15) is 0 Å². The van der Waals surface area contributed by atoms with Gasteiger partial charge in [0.2, 0.25) is 0 Å². The van der Waals surface area contributed by atoms with Gasteiger partial charge in [0.25, 0.3) is 0 Å². The highest BCUT2D eigenvalue weighted by molar-refractivity contribution is 6.30. The van der Waals surface area contributed by atoms with Crippen molar-refractivity contribution in [3.05, 3.63) is 34.9 Å². The van der Waals surface area contributed by atoms with Gasteiger partial charge >= 0.3 is 0 Å². The summed E-state index contributed by atoms with van der Waals surface area (Å²) in [6.45, 7) is 9.15. The van der Waals surface area contributed by atoms with Crippen molar-refractivity contribution in [2.45, 2.75) is 26.8 Å². The maximum atomic E-state index is 5.93. The molecule has 1 atom stereocenters. The van der Waals surface area contributed by atoms with Gasteiger partial charge in [-0.05, 0) is 49.0 Å². The number of benzene rings is 1. The highest BCUT2D eigenvalue weighted by Crippen LogP contribution is 2.35. The molecule has 1 aromatic rings. The second-order valence-electron chi connectivity index (χ2n) is 6.24. The van der Waals surface area contributed by atoms with Gasteiger partial charge < -0.3 is 10.2 Å². The minimum Gasteiger partial charge on any atom is -0.316 e. The van der Waals surface area contributed by atoms with Crippen LogP contribution in [0.3, 0.4) is 0 Å². The molecule has 1 N–H and O–H groups in total. The van der Waals surface area contributed by atoms with Crippen LogP contribution in [-0.2, 0) is 6.54 Å². The molecule has 1 heterocycles. The van der Waals surface area contributed by atoms with Gasteiger partial charge in [-0.25, -0.2) is 0 Å². The molecular weight excluding hydrogens is 256 g/mol. The molecule has 0 aromatic heterocycles. The van der Waals surface area contributed by atoms with Crippen LogP contribution in [0.4, 0.5) is 0 Å². The molecule has 3 heteroatoms. The van der Waals surface area contributed by atoms with E-state index in [1.807, 2.05) is 12.1 Å². The molecule has 2 nitrogen and oxygen atoms in total. The van der Waals surface area contributed by atoms with Gasteiger partial charge in [0.15, 0.2) is 0 Å². The predicted molar refractivity (Wildman–Crippen MR) is 82.5 cm³/mol. The van der Waals surface area contributed by atoms with Crippen molar-refractivity contribution in [2.75, 3.05) is 26.7 Å². The molecule has 1 unspecified atom stereocenters. The fraction of sp³-hybridized carbons (Fsp3) is 0.625. The normalized spacial score (nSPS) is 23.5. The Morgan fingerprint density at radius 3 is 2.53 bits per heavy atom. The van der Waals surface area contributed by atoms with Crippen LogP contribution in [0.2, 0.25) is 5.02 Å². The molecule has 1 aliphatic heterocycles. The SMILES string of the molecule is CC(C)C1(CN(C)Cc2ccc(Cl)cc2)CCNC1. The van der Waals surface area contributed by atoms with E-state index < -0.39 is 0 Å². The highest BCUT2D eigenvalue weighted by atomic mass is 35.5. The Hall–Kier alpha value is -0.570. The fourth-order valence-electron chi connectivity index (χ4n) is 3.07. The van der Waals surface area contributed by atoms with Crippen molar-refractivity contribution < 1.29 is 0 Å². The van der Waals surface area contributed by atoms with E-state index in [1.165, 1.54) is 12.0 Å². The molecule has 106 valence electrons. The Morgan fingerprint density at radius 2 is 2.00 bits per heavy atom. The van der Waals surface area contributed by atoms with Crippen LogP contribution in [0.25, 0.3) is 0 Å². The summed E-state index contributed by atoms with van der Waals surface area (Å²) in [7, 11) is 2.22. The molecule has 0 spiro atoms. The third-order valence-corrected chi connectivity index (χ3v) is 4.70. The van der Waals surface area contributed by atoms with Gasteiger partial charge in [-0.15, -0.1) is 0 Å². The molecule has 1 fully saturated rings. The van der Waals surface area contributed by atoms with Crippen LogP contribution >= 0.6 is 11.6 Å². The monoisotopic (exact) mass is 280 g/mol. The van der Waals surface area contributed by atoms with Gasteiger partial charge in [-0.1, -0.05) is 37.6 Å². The van der Waals surface area contributed by atoms with Crippen LogP contribution < -0.4 is 5.32 Å². The Bertz CT molecular complexity index is 394. The number of hydrogen-bond acceptors (Lipinski definition) is 2. The van der Waals surface area contributed by atoms with Gasteiger partial charge in [0.1, 0.15) is 0 Å². The zero-order valence-electron chi connectivity index (χ0n) is 12.2. The molecule has 1 saturated heterocycles. The Labute approximate surface area is 122 Å². The number of rotatable bonds is 5. The molecule has 0 amide bonds. The maximum Gasteiger partial charge on any atom is 0.0406 e. The van der Waals surface area contributed by atoms with E-state index in [-0.39, 0.29) is 0 Å². The van der Waals surface area contributed by atoms with Crippen molar-refractivity contribution in [2.24, 2.45) is 11.3 Å². The van der Waals surface area contributed by atoms with Crippen molar-refractivity contribution >= 4 is 11.6 Å². The minimum atomic E-state index is 0.432. The molecule has 2 rings (SSSR count). The van der Waals surface area contributed by atoms with E-state index in [2.05, 4.69) is 43.2 Å². The van der Waals surface area contributed by atoms with Gasteiger partial charge in [0.05, 0.1) is 0 Å². The van der Waals surface area contributed by atoms with Crippen molar-refractivity contribution in [3.8, 4) is 0 Å². The van der Waals surface area contributed by atoms with E-state index in [0.717, 1.165) is 37.1 Å². The first-order valence-corrected chi connectivity index (χ1v) is 7.53. The van der Waals surface area contributed by atoms with Crippen molar-refractivity contribution in [1.29, 1.82) is 0 Å². The van der Waals surface area contributed by atoms with E-state index in [4.69, 9.17) is 11.6 Å². The lowest BCUT2D eigenvalue weighted by Crippen LogP contribution is -2.41. The first kappa shape index (κ1) is 14.8. The molecular formula is C16H25ClN2. The Balaban J connectivity index is 1.96. The third kappa shape index (κ3) is 3.71. The summed E-state index contributed by atoms with van der Waals surface area (Å²) in [5.41, 5.74) is 1.76. The summed E-state index contributed by atoms with van der Waals surface area (Å²) in [4.78, 5) is 2.44. The summed E-state index contributed by atoms with van der Waals surface area (Å²) in [6, 6.07) is 8.18. The summed E-state index contributed by atoms with van der Waals surface area (Å²) in [6.07, 6.45) is 1.29. The molecule has 0 bridgehead atoms. The number of nitrogens with one attached hydrogen (secondary N) is 1. The second-order valence-corrected chi connectivity index (χ2v) is 6.68. The molecule has 0 saturated carbocycles. The Kier molecular flexibility index (Phi) is 4.88.